The number of hydrogen-bond acceptors (Lipinski definition) is 4. The number of likely N-dealkylation sites (N-methyl/N-ethyl adjacent to an activating group) is 1. The van der Waals surface area contributed by atoms with Gasteiger partial charge < -0.3 is 15.4 Å². The quantitative estimate of drug-likeness (QED) is 0.715. The molecule has 0 saturated heterocycles. The van der Waals surface area contributed by atoms with Crippen LogP contribution in [-0.2, 0) is 9.53 Å². The third-order valence-electron chi connectivity index (χ3n) is 3.65. The van der Waals surface area contributed by atoms with Gasteiger partial charge in [0.05, 0.1) is 5.92 Å². The number of nitrogens with two attached hydrogens (primary N) is 1. The molecule has 0 aromatic rings. The van der Waals surface area contributed by atoms with Gasteiger partial charge >= 0.3 is 5.97 Å². The van der Waals surface area contributed by atoms with Crippen molar-refractivity contribution in [2.24, 2.45) is 11.7 Å². The summed E-state index contributed by atoms with van der Waals surface area (Å²) in [6.07, 6.45) is 3.70. The smallest absolute Gasteiger partial charge is 0.308 e. The van der Waals surface area contributed by atoms with Gasteiger partial charge in [-0.1, -0.05) is 13.8 Å². The molecule has 4 nitrogen and oxygen atoms in total. The van der Waals surface area contributed by atoms with Crippen LogP contribution >= 0.6 is 0 Å². The molecule has 1 saturated carbocycles. The highest BCUT2D eigenvalue weighted by Gasteiger charge is 2.25. The largest absolute Gasteiger partial charge is 0.464 e. The fourth-order valence-electron chi connectivity index (χ4n) is 2.29. The summed E-state index contributed by atoms with van der Waals surface area (Å²) < 4.78 is 5.33. The van der Waals surface area contributed by atoms with Gasteiger partial charge in [0.1, 0.15) is 6.61 Å². The second kappa shape index (κ2) is 7.67. The number of carbonyl (C=O) groups is 1. The van der Waals surface area contributed by atoms with Crippen molar-refractivity contribution in [3.05, 3.63) is 0 Å². The van der Waals surface area contributed by atoms with Crippen LogP contribution in [0.2, 0.25) is 0 Å². The number of hydrogen-bond donors (Lipinski definition) is 1. The SMILES string of the molecule is CCN(CC)CCOC(=O)C1CCC(N)CC1. The highest BCUT2D eigenvalue weighted by atomic mass is 16.5. The molecule has 0 spiro atoms. The van der Waals surface area contributed by atoms with E-state index in [0.717, 1.165) is 45.3 Å². The highest BCUT2D eigenvalue weighted by molar-refractivity contribution is 5.72. The molecule has 1 fully saturated rings. The Morgan fingerprint density at radius 3 is 2.35 bits per heavy atom. The molecule has 17 heavy (non-hydrogen) atoms. The molecule has 1 rings (SSSR count). The van der Waals surface area contributed by atoms with Crippen LogP contribution < -0.4 is 5.73 Å². The van der Waals surface area contributed by atoms with Gasteiger partial charge in [0.15, 0.2) is 0 Å². The molecule has 0 amide bonds. The Morgan fingerprint density at radius 1 is 1.24 bits per heavy atom. The minimum Gasteiger partial charge on any atom is -0.464 e. The summed E-state index contributed by atoms with van der Waals surface area (Å²) in [6.45, 7) is 7.61. The topological polar surface area (TPSA) is 55.6 Å². The first-order valence-corrected chi connectivity index (χ1v) is 6.81. The molecule has 2 N–H and O–H groups in total. The lowest BCUT2D eigenvalue weighted by Gasteiger charge is -2.25. The molecule has 0 radical (unpaired) electrons. The van der Waals surface area contributed by atoms with E-state index in [-0.39, 0.29) is 17.9 Å². The van der Waals surface area contributed by atoms with Crippen molar-refractivity contribution in [2.45, 2.75) is 45.6 Å². The van der Waals surface area contributed by atoms with Crippen LogP contribution in [0.4, 0.5) is 0 Å². The van der Waals surface area contributed by atoms with Crippen molar-refractivity contribution in [3.8, 4) is 0 Å². The molecule has 4 heteroatoms. The Bertz CT molecular complexity index is 221. The summed E-state index contributed by atoms with van der Waals surface area (Å²) in [5.41, 5.74) is 5.81. The van der Waals surface area contributed by atoms with E-state index in [1.807, 2.05) is 0 Å². The van der Waals surface area contributed by atoms with Crippen molar-refractivity contribution in [3.63, 3.8) is 0 Å². The van der Waals surface area contributed by atoms with Crippen molar-refractivity contribution in [1.82, 2.24) is 4.90 Å². The zero-order valence-corrected chi connectivity index (χ0v) is 11.2. The molecule has 0 atom stereocenters. The van der Waals surface area contributed by atoms with Crippen molar-refractivity contribution in [2.75, 3.05) is 26.2 Å². The Balaban J connectivity index is 2.16. The Kier molecular flexibility index (Phi) is 6.52. The molecule has 0 heterocycles. The minimum absolute atomic E-state index is 0.0240. The van der Waals surface area contributed by atoms with E-state index in [1.165, 1.54) is 0 Å². The summed E-state index contributed by atoms with van der Waals surface area (Å²) in [5.74, 6) is 0.0653. The fraction of sp³-hybridized carbons (Fsp3) is 0.923. The Morgan fingerprint density at radius 2 is 1.82 bits per heavy atom. The van der Waals surface area contributed by atoms with Crippen molar-refractivity contribution >= 4 is 5.97 Å². The second-order valence-corrected chi connectivity index (χ2v) is 4.81. The monoisotopic (exact) mass is 242 g/mol. The Labute approximate surface area is 104 Å². The normalized spacial score (nSPS) is 24.9. The van der Waals surface area contributed by atoms with Gasteiger partial charge in [-0.2, -0.15) is 0 Å². The molecular formula is C13H26N2O2. The zero-order valence-electron chi connectivity index (χ0n) is 11.2. The highest BCUT2D eigenvalue weighted by Crippen LogP contribution is 2.24. The van der Waals surface area contributed by atoms with Gasteiger partial charge in [0.2, 0.25) is 0 Å². The molecule has 100 valence electrons. The van der Waals surface area contributed by atoms with Crippen LogP contribution in [0.3, 0.4) is 0 Å². The van der Waals surface area contributed by atoms with Crippen molar-refractivity contribution < 1.29 is 9.53 Å². The minimum atomic E-state index is -0.0240. The average molecular weight is 242 g/mol. The molecule has 1 aliphatic rings. The number of ether oxygens (including phenoxy) is 1. The number of nitrogens with zero attached hydrogens (tertiary/aromatic N) is 1. The molecule has 0 bridgehead atoms. The summed E-state index contributed by atoms with van der Waals surface area (Å²) in [5, 5.41) is 0. The van der Waals surface area contributed by atoms with Gasteiger partial charge in [0.25, 0.3) is 0 Å². The maximum Gasteiger partial charge on any atom is 0.308 e. The fourth-order valence-corrected chi connectivity index (χ4v) is 2.29. The van der Waals surface area contributed by atoms with Gasteiger partial charge in [0, 0.05) is 12.6 Å². The van der Waals surface area contributed by atoms with E-state index >= 15 is 0 Å². The maximum absolute atomic E-state index is 11.8. The Hall–Kier alpha value is -0.610. The number of rotatable bonds is 6. The lowest BCUT2D eigenvalue weighted by molar-refractivity contribution is -0.150. The van der Waals surface area contributed by atoms with Crippen LogP contribution in [0.15, 0.2) is 0 Å². The van der Waals surface area contributed by atoms with Crippen LogP contribution in [0.25, 0.3) is 0 Å². The summed E-state index contributed by atoms with van der Waals surface area (Å²) in [4.78, 5) is 14.0. The molecule has 1 aliphatic carbocycles. The van der Waals surface area contributed by atoms with Gasteiger partial charge in [-0.05, 0) is 38.8 Å². The van der Waals surface area contributed by atoms with Crippen molar-refractivity contribution in [1.29, 1.82) is 0 Å². The molecule has 0 aromatic carbocycles. The van der Waals surface area contributed by atoms with E-state index < -0.39 is 0 Å². The van der Waals surface area contributed by atoms with E-state index in [1.54, 1.807) is 0 Å². The predicted octanol–water partition coefficient (Wildman–Crippen LogP) is 1.39. The van der Waals surface area contributed by atoms with E-state index in [4.69, 9.17) is 10.5 Å². The van der Waals surface area contributed by atoms with E-state index in [9.17, 15) is 4.79 Å². The zero-order chi connectivity index (χ0) is 12.7. The summed E-state index contributed by atoms with van der Waals surface area (Å²) in [7, 11) is 0. The van der Waals surface area contributed by atoms with Gasteiger partial charge in [-0.3, -0.25) is 4.79 Å². The third kappa shape index (κ3) is 5.04. The molecular weight excluding hydrogens is 216 g/mol. The standard InChI is InChI=1S/C13H26N2O2/c1-3-15(4-2)9-10-17-13(16)11-5-7-12(14)8-6-11/h11-12H,3-10,14H2,1-2H3. The average Bonchev–Trinajstić information content (AvgIpc) is 2.35. The lowest BCUT2D eigenvalue weighted by Crippen LogP contribution is -2.32. The first kappa shape index (κ1) is 14.5. The number of carbonyl (C=O) groups excluding carboxylic acids is 1. The van der Waals surface area contributed by atoms with Crippen LogP contribution in [0, 0.1) is 5.92 Å². The first-order chi connectivity index (χ1) is 8.17. The van der Waals surface area contributed by atoms with Crippen LogP contribution in [-0.4, -0.2) is 43.2 Å². The van der Waals surface area contributed by atoms with E-state index in [2.05, 4.69) is 18.7 Å². The van der Waals surface area contributed by atoms with Gasteiger partial charge in [-0.15, -0.1) is 0 Å². The summed E-state index contributed by atoms with van der Waals surface area (Å²) >= 11 is 0. The van der Waals surface area contributed by atoms with Crippen LogP contribution in [0.5, 0.6) is 0 Å². The molecule has 0 unspecified atom stereocenters. The number of esters is 1. The first-order valence-electron chi connectivity index (χ1n) is 6.81. The maximum atomic E-state index is 11.8. The van der Waals surface area contributed by atoms with Crippen LogP contribution in [0.1, 0.15) is 39.5 Å². The second-order valence-electron chi connectivity index (χ2n) is 4.81. The lowest BCUT2D eigenvalue weighted by atomic mass is 9.86. The third-order valence-corrected chi connectivity index (χ3v) is 3.65. The van der Waals surface area contributed by atoms with E-state index in [0.29, 0.717) is 6.61 Å². The van der Waals surface area contributed by atoms with Gasteiger partial charge in [-0.25, -0.2) is 0 Å². The summed E-state index contributed by atoms with van der Waals surface area (Å²) in [6, 6.07) is 0.287. The predicted molar refractivity (Wildman–Crippen MR) is 68.7 cm³/mol. The molecule has 0 aromatic heterocycles. The molecule has 0 aliphatic heterocycles.